The zero-order chi connectivity index (χ0) is 12.1. The number of halogens is 2. The average molecular weight is 277 g/mol. The highest BCUT2D eigenvalue weighted by atomic mass is 35.5. The molecule has 1 rings (SSSR count). The largest absolute Gasteiger partial charge is 0.360 e. The molecule has 0 amide bonds. The third kappa shape index (κ3) is 3.81. The second kappa shape index (κ2) is 6.28. The summed E-state index contributed by atoms with van der Waals surface area (Å²) in [6.07, 6.45) is 1.01. The molecule has 0 aliphatic heterocycles. The zero-order valence-corrected chi connectivity index (χ0v) is 11.5. The van der Waals surface area contributed by atoms with Gasteiger partial charge in [0.2, 0.25) is 0 Å². The van der Waals surface area contributed by atoms with Gasteiger partial charge >= 0.3 is 0 Å². The van der Waals surface area contributed by atoms with E-state index in [1.54, 1.807) is 6.07 Å². The fourth-order valence-electron chi connectivity index (χ4n) is 1.08. The lowest BCUT2D eigenvalue weighted by molar-refractivity contribution is 0.646. The molecular weight excluding hydrogens is 263 g/mol. The van der Waals surface area contributed by atoms with Crippen LogP contribution in [-0.2, 0) is 0 Å². The maximum absolute atomic E-state index is 6.03. The van der Waals surface area contributed by atoms with E-state index in [4.69, 9.17) is 35.4 Å². The molecule has 1 atom stereocenters. The second-order valence-electron chi connectivity index (χ2n) is 3.51. The minimum Gasteiger partial charge on any atom is -0.360 e. The third-order valence-electron chi connectivity index (χ3n) is 2.19. The summed E-state index contributed by atoms with van der Waals surface area (Å²) in [6.45, 7) is 4.15. The second-order valence-corrected chi connectivity index (χ2v) is 4.70. The lowest BCUT2D eigenvalue weighted by atomic mass is 10.3. The van der Waals surface area contributed by atoms with Gasteiger partial charge in [-0.25, -0.2) is 0 Å². The molecule has 1 unspecified atom stereocenters. The van der Waals surface area contributed by atoms with E-state index in [9.17, 15) is 0 Å². The first-order valence-electron chi connectivity index (χ1n) is 5.06. The van der Waals surface area contributed by atoms with Crippen molar-refractivity contribution in [3.63, 3.8) is 0 Å². The van der Waals surface area contributed by atoms with Gasteiger partial charge in [0, 0.05) is 6.04 Å². The Labute approximate surface area is 111 Å². The molecule has 0 bridgehead atoms. The molecule has 0 saturated carbocycles. The molecule has 0 heterocycles. The fourth-order valence-corrected chi connectivity index (χ4v) is 1.74. The van der Waals surface area contributed by atoms with Crippen LogP contribution in [0.15, 0.2) is 18.2 Å². The van der Waals surface area contributed by atoms with Gasteiger partial charge < -0.3 is 10.6 Å². The maximum atomic E-state index is 6.03. The molecule has 0 aliphatic carbocycles. The van der Waals surface area contributed by atoms with Crippen LogP contribution in [0.3, 0.4) is 0 Å². The third-order valence-corrected chi connectivity index (χ3v) is 3.23. The molecule has 0 spiro atoms. The first-order valence-corrected chi connectivity index (χ1v) is 6.22. The van der Waals surface area contributed by atoms with Crippen molar-refractivity contribution < 1.29 is 0 Å². The van der Waals surface area contributed by atoms with Crippen LogP contribution in [0.5, 0.6) is 0 Å². The van der Waals surface area contributed by atoms with Gasteiger partial charge in [-0.05, 0) is 37.7 Å². The molecular formula is C11H14Cl2N2S. The van der Waals surface area contributed by atoms with Crippen LogP contribution in [0, 0.1) is 0 Å². The predicted molar refractivity (Wildman–Crippen MR) is 75.6 cm³/mol. The van der Waals surface area contributed by atoms with Gasteiger partial charge in [0.05, 0.1) is 15.7 Å². The summed E-state index contributed by atoms with van der Waals surface area (Å²) in [5, 5.41) is 7.71. The summed E-state index contributed by atoms with van der Waals surface area (Å²) < 4.78 is 0. The highest BCUT2D eigenvalue weighted by Gasteiger charge is 2.06. The van der Waals surface area contributed by atoms with E-state index in [2.05, 4.69) is 24.5 Å². The Morgan fingerprint density at radius 2 is 2.12 bits per heavy atom. The van der Waals surface area contributed by atoms with E-state index in [0.29, 0.717) is 21.2 Å². The molecule has 2 N–H and O–H groups in total. The van der Waals surface area contributed by atoms with Crippen LogP contribution < -0.4 is 10.6 Å². The van der Waals surface area contributed by atoms with Gasteiger partial charge in [0.1, 0.15) is 0 Å². The van der Waals surface area contributed by atoms with Crippen LogP contribution in [0.4, 0.5) is 5.69 Å². The fraction of sp³-hybridized carbons (Fsp3) is 0.364. The van der Waals surface area contributed by atoms with Crippen LogP contribution >= 0.6 is 35.4 Å². The van der Waals surface area contributed by atoms with Crippen molar-refractivity contribution in [2.45, 2.75) is 26.3 Å². The van der Waals surface area contributed by atoms with Crippen LogP contribution in [0.25, 0.3) is 0 Å². The number of rotatable bonds is 3. The van der Waals surface area contributed by atoms with Gasteiger partial charge in [0.15, 0.2) is 5.11 Å². The Hall–Kier alpha value is -0.510. The summed E-state index contributed by atoms with van der Waals surface area (Å²) in [5.41, 5.74) is 0.718. The van der Waals surface area contributed by atoms with Gasteiger partial charge in [-0.1, -0.05) is 36.2 Å². The minimum absolute atomic E-state index is 0.331. The number of benzene rings is 1. The molecule has 1 aromatic rings. The average Bonchev–Trinajstić information content (AvgIpc) is 2.24. The van der Waals surface area contributed by atoms with E-state index in [-0.39, 0.29) is 0 Å². The number of hydrogen-bond acceptors (Lipinski definition) is 1. The Morgan fingerprint density at radius 1 is 1.44 bits per heavy atom. The lowest BCUT2D eigenvalue weighted by Crippen LogP contribution is -2.35. The maximum Gasteiger partial charge on any atom is 0.171 e. The molecule has 0 fully saturated rings. The summed E-state index contributed by atoms with van der Waals surface area (Å²) in [4.78, 5) is 0. The van der Waals surface area contributed by atoms with Gasteiger partial charge in [-0.2, -0.15) is 0 Å². The van der Waals surface area contributed by atoms with Gasteiger partial charge in [0.25, 0.3) is 0 Å². The molecule has 2 nitrogen and oxygen atoms in total. The summed E-state index contributed by atoms with van der Waals surface area (Å²) in [5.74, 6) is 0. The van der Waals surface area contributed by atoms with Crippen molar-refractivity contribution in [1.82, 2.24) is 5.32 Å². The number of nitrogens with one attached hydrogen (secondary N) is 2. The smallest absolute Gasteiger partial charge is 0.171 e. The highest BCUT2D eigenvalue weighted by Crippen LogP contribution is 2.29. The molecule has 16 heavy (non-hydrogen) atoms. The van der Waals surface area contributed by atoms with E-state index < -0.39 is 0 Å². The normalized spacial score (nSPS) is 12.0. The molecule has 0 saturated heterocycles. The zero-order valence-electron chi connectivity index (χ0n) is 9.18. The summed E-state index contributed by atoms with van der Waals surface area (Å²) >= 11 is 17.1. The molecule has 5 heteroatoms. The van der Waals surface area contributed by atoms with Crippen molar-refractivity contribution in [2.24, 2.45) is 0 Å². The van der Waals surface area contributed by atoms with Crippen molar-refractivity contribution >= 4 is 46.2 Å². The monoisotopic (exact) mass is 276 g/mol. The van der Waals surface area contributed by atoms with E-state index >= 15 is 0 Å². The first-order chi connectivity index (χ1) is 7.54. The molecule has 1 aromatic carbocycles. The predicted octanol–water partition coefficient (Wildman–Crippen LogP) is 4.08. The number of thiocarbonyl (C=S) groups is 1. The topological polar surface area (TPSA) is 24.1 Å². The van der Waals surface area contributed by atoms with Crippen LogP contribution in [0.2, 0.25) is 10.0 Å². The Balaban J connectivity index is 2.66. The summed E-state index contributed by atoms with van der Waals surface area (Å²) in [6, 6.07) is 5.72. The van der Waals surface area contributed by atoms with Crippen molar-refractivity contribution in [2.75, 3.05) is 5.32 Å². The summed E-state index contributed by atoms with van der Waals surface area (Å²) in [7, 11) is 0. The Kier molecular flexibility index (Phi) is 5.32. The van der Waals surface area contributed by atoms with E-state index in [0.717, 1.165) is 12.1 Å². The SMILES string of the molecule is CCC(C)NC(=S)Nc1cccc(Cl)c1Cl. The quantitative estimate of drug-likeness (QED) is 0.814. The lowest BCUT2D eigenvalue weighted by Gasteiger charge is -2.16. The molecule has 0 aromatic heterocycles. The molecule has 0 aliphatic rings. The van der Waals surface area contributed by atoms with Crippen LogP contribution in [-0.4, -0.2) is 11.2 Å². The van der Waals surface area contributed by atoms with Crippen molar-refractivity contribution in [1.29, 1.82) is 0 Å². The molecule has 88 valence electrons. The van der Waals surface area contributed by atoms with E-state index in [1.165, 1.54) is 0 Å². The van der Waals surface area contributed by atoms with E-state index in [1.807, 2.05) is 12.1 Å². The standard InChI is InChI=1S/C11H14Cl2N2S/c1-3-7(2)14-11(16)15-9-6-4-5-8(12)10(9)13/h4-7H,3H2,1-2H3,(H2,14,15,16). The van der Waals surface area contributed by atoms with Gasteiger partial charge in [-0.15, -0.1) is 0 Å². The number of anilines is 1. The molecule has 0 radical (unpaired) electrons. The van der Waals surface area contributed by atoms with Crippen LogP contribution in [0.1, 0.15) is 20.3 Å². The minimum atomic E-state index is 0.331. The van der Waals surface area contributed by atoms with Gasteiger partial charge in [-0.3, -0.25) is 0 Å². The first kappa shape index (κ1) is 13.6. The Bertz CT molecular complexity index is 382. The number of hydrogen-bond donors (Lipinski definition) is 2. The Morgan fingerprint density at radius 3 is 2.75 bits per heavy atom. The van der Waals surface area contributed by atoms with Crippen molar-refractivity contribution in [3.8, 4) is 0 Å². The highest BCUT2D eigenvalue weighted by molar-refractivity contribution is 7.80. The van der Waals surface area contributed by atoms with Crippen molar-refractivity contribution in [3.05, 3.63) is 28.2 Å².